The minimum absolute atomic E-state index is 0.196. The van der Waals surface area contributed by atoms with Crippen molar-refractivity contribution in [3.05, 3.63) is 76.3 Å². The minimum Gasteiger partial charge on any atom is -0.493 e. The van der Waals surface area contributed by atoms with Gasteiger partial charge < -0.3 is 29.2 Å². The van der Waals surface area contributed by atoms with Crippen molar-refractivity contribution in [1.29, 1.82) is 0 Å². The standard InChI is InChI=1S/C27H29ClN2O5/c1-32-23-9-8-17(13-24(23)33-2)12-22-21-16-26(35-4)25(34-3)14-18(21)10-11-30(22)27(31)29-20-7-5-6-19(28)15-20/h5-9,13-16,22H,10-12H2,1-4H3,(H,29,31)/t22-/m1/s1. The summed E-state index contributed by atoms with van der Waals surface area (Å²) in [6.45, 7) is 0.548. The average molecular weight is 497 g/mol. The van der Waals surface area contributed by atoms with E-state index in [0.29, 0.717) is 53.1 Å². The van der Waals surface area contributed by atoms with E-state index in [0.717, 1.165) is 16.7 Å². The van der Waals surface area contributed by atoms with Crippen LogP contribution in [0.15, 0.2) is 54.6 Å². The predicted octanol–water partition coefficient (Wildman–Crippen LogP) is 5.75. The van der Waals surface area contributed by atoms with Crippen molar-refractivity contribution in [2.24, 2.45) is 0 Å². The van der Waals surface area contributed by atoms with Crippen LogP contribution in [-0.2, 0) is 12.8 Å². The number of halogens is 1. The van der Waals surface area contributed by atoms with Crippen LogP contribution in [-0.4, -0.2) is 45.9 Å². The fraction of sp³-hybridized carbons (Fsp3) is 0.296. The molecule has 184 valence electrons. The fourth-order valence-corrected chi connectivity index (χ4v) is 4.67. The van der Waals surface area contributed by atoms with Gasteiger partial charge in [-0.05, 0) is 72.0 Å². The molecule has 3 aromatic rings. The molecule has 0 radical (unpaired) electrons. The summed E-state index contributed by atoms with van der Waals surface area (Å²) in [6, 6.07) is 16.5. The molecule has 8 heteroatoms. The van der Waals surface area contributed by atoms with Crippen LogP contribution < -0.4 is 24.3 Å². The highest BCUT2D eigenvalue weighted by molar-refractivity contribution is 6.30. The molecule has 4 rings (SSSR count). The van der Waals surface area contributed by atoms with Crippen LogP contribution in [0, 0.1) is 0 Å². The lowest BCUT2D eigenvalue weighted by atomic mass is 9.88. The molecule has 0 unspecified atom stereocenters. The quantitative estimate of drug-likeness (QED) is 0.451. The first-order valence-corrected chi connectivity index (χ1v) is 11.6. The highest BCUT2D eigenvalue weighted by Gasteiger charge is 2.32. The van der Waals surface area contributed by atoms with Crippen molar-refractivity contribution >= 4 is 23.3 Å². The van der Waals surface area contributed by atoms with Gasteiger partial charge in [-0.25, -0.2) is 4.79 Å². The summed E-state index contributed by atoms with van der Waals surface area (Å²) in [5.74, 6) is 2.60. The lowest BCUT2D eigenvalue weighted by Gasteiger charge is -2.38. The second-order valence-corrected chi connectivity index (χ2v) is 8.64. The van der Waals surface area contributed by atoms with Gasteiger partial charge in [0.2, 0.25) is 0 Å². The Bertz CT molecular complexity index is 1220. The van der Waals surface area contributed by atoms with Gasteiger partial charge in [0.15, 0.2) is 23.0 Å². The molecule has 1 aliphatic rings. The van der Waals surface area contributed by atoms with Gasteiger partial charge in [0.1, 0.15) is 0 Å². The molecule has 0 spiro atoms. The number of hydrogen-bond acceptors (Lipinski definition) is 5. The molecule has 1 aliphatic heterocycles. The molecule has 0 saturated carbocycles. The number of rotatable bonds is 7. The summed E-state index contributed by atoms with van der Waals surface area (Å²) in [6.07, 6.45) is 1.27. The molecular weight excluding hydrogens is 468 g/mol. The summed E-state index contributed by atoms with van der Waals surface area (Å²) in [4.78, 5) is 15.3. The Morgan fingerprint density at radius 1 is 0.914 bits per heavy atom. The third-order valence-electron chi connectivity index (χ3n) is 6.22. The maximum Gasteiger partial charge on any atom is 0.322 e. The van der Waals surface area contributed by atoms with Gasteiger partial charge in [-0.1, -0.05) is 23.7 Å². The molecule has 1 N–H and O–H groups in total. The molecular formula is C27H29ClN2O5. The molecule has 1 heterocycles. The zero-order valence-electron chi connectivity index (χ0n) is 20.3. The van der Waals surface area contributed by atoms with Crippen LogP contribution >= 0.6 is 11.6 Å². The van der Waals surface area contributed by atoms with Crippen molar-refractivity contribution in [3.8, 4) is 23.0 Å². The molecule has 0 aromatic heterocycles. The summed E-state index contributed by atoms with van der Waals surface area (Å²) < 4.78 is 22.0. The lowest BCUT2D eigenvalue weighted by Crippen LogP contribution is -2.43. The fourth-order valence-electron chi connectivity index (χ4n) is 4.48. The smallest absolute Gasteiger partial charge is 0.322 e. The van der Waals surface area contributed by atoms with E-state index >= 15 is 0 Å². The SMILES string of the molecule is COc1ccc(C[C@@H]2c3cc(OC)c(OC)cc3CCN2C(=O)Nc2cccc(Cl)c2)cc1OC. The zero-order chi connectivity index (χ0) is 24.9. The number of hydrogen-bond donors (Lipinski definition) is 1. The number of carbonyl (C=O) groups is 1. The number of nitrogens with one attached hydrogen (secondary N) is 1. The van der Waals surface area contributed by atoms with Crippen LogP contribution in [0.1, 0.15) is 22.7 Å². The van der Waals surface area contributed by atoms with Crippen LogP contribution in [0.5, 0.6) is 23.0 Å². The van der Waals surface area contributed by atoms with Crippen molar-refractivity contribution in [2.45, 2.75) is 18.9 Å². The number of ether oxygens (including phenoxy) is 4. The van der Waals surface area contributed by atoms with Gasteiger partial charge >= 0.3 is 6.03 Å². The number of anilines is 1. The van der Waals surface area contributed by atoms with E-state index in [-0.39, 0.29) is 12.1 Å². The zero-order valence-corrected chi connectivity index (χ0v) is 21.0. The number of carbonyl (C=O) groups excluding carboxylic acids is 1. The van der Waals surface area contributed by atoms with E-state index in [4.69, 9.17) is 30.5 Å². The highest BCUT2D eigenvalue weighted by Crippen LogP contribution is 2.40. The normalized spacial score (nSPS) is 14.7. The Morgan fingerprint density at radius 3 is 2.29 bits per heavy atom. The molecule has 0 aliphatic carbocycles. The third-order valence-corrected chi connectivity index (χ3v) is 6.45. The number of urea groups is 1. The Hall–Kier alpha value is -3.58. The Labute approximate surface area is 210 Å². The summed E-state index contributed by atoms with van der Waals surface area (Å²) >= 11 is 6.12. The molecule has 7 nitrogen and oxygen atoms in total. The van der Waals surface area contributed by atoms with Crippen molar-refractivity contribution in [1.82, 2.24) is 4.90 Å². The molecule has 3 aromatic carbocycles. The van der Waals surface area contributed by atoms with Crippen molar-refractivity contribution in [3.63, 3.8) is 0 Å². The monoisotopic (exact) mass is 496 g/mol. The second kappa shape index (κ2) is 10.8. The van der Waals surface area contributed by atoms with E-state index in [9.17, 15) is 4.79 Å². The first kappa shape index (κ1) is 24.5. The third kappa shape index (κ3) is 5.25. The Morgan fingerprint density at radius 2 is 1.60 bits per heavy atom. The van der Waals surface area contributed by atoms with Gasteiger partial charge in [0, 0.05) is 17.3 Å². The molecule has 0 fully saturated rings. The summed E-state index contributed by atoms with van der Waals surface area (Å²) in [7, 11) is 6.45. The minimum atomic E-state index is -0.240. The highest BCUT2D eigenvalue weighted by atomic mass is 35.5. The van der Waals surface area contributed by atoms with Crippen LogP contribution in [0.3, 0.4) is 0 Å². The van der Waals surface area contributed by atoms with E-state index in [1.807, 2.05) is 47.4 Å². The van der Waals surface area contributed by atoms with Crippen LogP contribution in [0.2, 0.25) is 5.02 Å². The molecule has 0 saturated heterocycles. The number of methoxy groups -OCH3 is 4. The van der Waals surface area contributed by atoms with Gasteiger partial charge in [0.25, 0.3) is 0 Å². The number of nitrogens with zero attached hydrogens (tertiary/aromatic N) is 1. The molecule has 2 amide bonds. The maximum absolute atomic E-state index is 13.5. The predicted molar refractivity (Wildman–Crippen MR) is 136 cm³/mol. The average Bonchev–Trinajstić information content (AvgIpc) is 2.87. The summed E-state index contributed by atoms with van der Waals surface area (Å²) in [5, 5.41) is 3.55. The van der Waals surface area contributed by atoms with E-state index in [1.54, 1.807) is 40.6 Å². The maximum atomic E-state index is 13.5. The first-order valence-electron chi connectivity index (χ1n) is 11.3. The van der Waals surface area contributed by atoms with Crippen molar-refractivity contribution < 1.29 is 23.7 Å². The number of fused-ring (bicyclic) bond motifs is 1. The van der Waals surface area contributed by atoms with Crippen LogP contribution in [0.4, 0.5) is 10.5 Å². The van der Waals surface area contributed by atoms with E-state index in [2.05, 4.69) is 5.32 Å². The van der Waals surface area contributed by atoms with Gasteiger partial charge in [-0.2, -0.15) is 0 Å². The molecule has 1 atom stereocenters. The topological polar surface area (TPSA) is 69.3 Å². The largest absolute Gasteiger partial charge is 0.493 e. The first-order chi connectivity index (χ1) is 17.0. The Balaban J connectivity index is 1.72. The second-order valence-electron chi connectivity index (χ2n) is 8.20. The number of amides is 2. The van der Waals surface area contributed by atoms with Gasteiger partial charge in [0.05, 0.1) is 34.5 Å². The van der Waals surface area contributed by atoms with E-state index < -0.39 is 0 Å². The summed E-state index contributed by atoms with van der Waals surface area (Å²) in [5.41, 5.74) is 3.80. The molecule has 0 bridgehead atoms. The van der Waals surface area contributed by atoms with Gasteiger partial charge in [-0.3, -0.25) is 0 Å². The lowest BCUT2D eigenvalue weighted by molar-refractivity contribution is 0.181. The van der Waals surface area contributed by atoms with Crippen LogP contribution in [0.25, 0.3) is 0 Å². The molecule has 35 heavy (non-hydrogen) atoms. The van der Waals surface area contributed by atoms with Gasteiger partial charge in [-0.15, -0.1) is 0 Å². The van der Waals surface area contributed by atoms with E-state index in [1.165, 1.54) is 0 Å². The number of benzene rings is 3. The Kier molecular flexibility index (Phi) is 7.56. The van der Waals surface area contributed by atoms with Crippen molar-refractivity contribution in [2.75, 3.05) is 40.3 Å².